The summed E-state index contributed by atoms with van der Waals surface area (Å²) in [5.41, 5.74) is 1.74. The summed E-state index contributed by atoms with van der Waals surface area (Å²) in [6.45, 7) is 1.63. The smallest absolute Gasteiger partial charge is 0.305 e. The van der Waals surface area contributed by atoms with Crippen LogP contribution in [0.25, 0.3) is 0 Å². The van der Waals surface area contributed by atoms with Crippen LogP contribution in [0.4, 0.5) is 5.82 Å². The monoisotopic (exact) mass is 368 g/mol. The van der Waals surface area contributed by atoms with Crippen molar-refractivity contribution in [3.05, 3.63) is 59.3 Å². The molecule has 0 radical (unpaired) electrons. The maximum atomic E-state index is 12.6. The topological polar surface area (TPSA) is 112 Å². The fourth-order valence-corrected chi connectivity index (χ4v) is 2.85. The van der Waals surface area contributed by atoms with Gasteiger partial charge in [0, 0.05) is 43.5 Å². The number of nitrogens with zero attached hydrogens (tertiary/aromatic N) is 2. The molecule has 0 saturated heterocycles. The molecule has 8 nitrogen and oxygen atoms in total. The third kappa shape index (κ3) is 4.60. The van der Waals surface area contributed by atoms with E-state index < -0.39 is 5.97 Å². The number of hydrogen-bond acceptors (Lipinski definition) is 5. The second-order valence-corrected chi connectivity index (χ2v) is 6.14. The van der Waals surface area contributed by atoms with Crippen molar-refractivity contribution in [1.82, 2.24) is 15.2 Å². The van der Waals surface area contributed by atoms with E-state index in [1.165, 1.54) is 0 Å². The van der Waals surface area contributed by atoms with Crippen molar-refractivity contribution < 1.29 is 19.5 Å². The Kier molecular flexibility index (Phi) is 5.65. The van der Waals surface area contributed by atoms with E-state index in [4.69, 9.17) is 5.11 Å². The van der Waals surface area contributed by atoms with Crippen molar-refractivity contribution in [3.63, 3.8) is 0 Å². The molecule has 0 unspecified atom stereocenters. The van der Waals surface area contributed by atoms with Crippen LogP contribution >= 0.6 is 0 Å². The van der Waals surface area contributed by atoms with E-state index in [0.717, 1.165) is 11.4 Å². The summed E-state index contributed by atoms with van der Waals surface area (Å²) in [4.78, 5) is 41.1. The zero-order valence-corrected chi connectivity index (χ0v) is 14.6. The van der Waals surface area contributed by atoms with Gasteiger partial charge >= 0.3 is 5.97 Å². The largest absolute Gasteiger partial charge is 0.481 e. The van der Waals surface area contributed by atoms with Gasteiger partial charge in [0.2, 0.25) is 0 Å². The van der Waals surface area contributed by atoms with Gasteiger partial charge in [-0.2, -0.15) is 0 Å². The molecule has 0 saturated carbocycles. The number of carbonyl (C=O) groups excluding carboxylic acids is 2. The number of anilines is 1. The summed E-state index contributed by atoms with van der Waals surface area (Å²) in [7, 11) is 0. The quantitative estimate of drug-likeness (QED) is 0.649. The van der Waals surface area contributed by atoms with Gasteiger partial charge < -0.3 is 20.6 Å². The number of carboxylic acid groups (broad SMARTS) is 1. The Morgan fingerprint density at radius 3 is 2.78 bits per heavy atom. The van der Waals surface area contributed by atoms with Crippen molar-refractivity contribution in [2.24, 2.45) is 0 Å². The highest BCUT2D eigenvalue weighted by atomic mass is 16.4. The minimum Gasteiger partial charge on any atom is -0.481 e. The first kappa shape index (κ1) is 18.4. The number of nitrogens with one attached hydrogen (secondary N) is 2. The van der Waals surface area contributed by atoms with Gasteiger partial charge in [-0.05, 0) is 29.8 Å². The van der Waals surface area contributed by atoms with Crippen molar-refractivity contribution >= 4 is 23.6 Å². The van der Waals surface area contributed by atoms with Crippen LogP contribution in [0.5, 0.6) is 0 Å². The number of pyridine rings is 1. The second kappa shape index (κ2) is 8.31. The Bertz CT molecular complexity index is 854. The Morgan fingerprint density at radius 1 is 1.19 bits per heavy atom. The third-order valence-electron chi connectivity index (χ3n) is 4.23. The molecule has 1 aliphatic rings. The van der Waals surface area contributed by atoms with Crippen LogP contribution in [-0.2, 0) is 11.3 Å². The number of carbonyl (C=O) groups is 3. The lowest BCUT2D eigenvalue weighted by Gasteiger charge is -2.16. The number of aromatic nitrogens is 1. The van der Waals surface area contributed by atoms with Crippen LogP contribution < -0.4 is 10.6 Å². The molecular weight excluding hydrogens is 348 g/mol. The lowest BCUT2D eigenvalue weighted by atomic mass is 10.1. The number of aliphatic carboxylic acids is 1. The molecule has 2 amide bonds. The first-order valence-corrected chi connectivity index (χ1v) is 8.61. The number of benzene rings is 1. The molecule has 0 aliphatic carbocycles. The number of hydrogen-bond donors (Lipinski definition) is 3. The molecule has 1 aliphatic heterocycles. The van der Waals surface area contributed by atoms with E-state index in [0.29, 0.717) is 30.8 Å². The molecule has 0 fully saturated rings. The minimum atomic E-state index is -0.977. The normalized spacial score (nSPS) is 12.6. The van der Waals surface area contributed by atoms with E-state index >= 15 is 0 Å². The van der Waals surface area contributed by atoms with Gasteiger partial charge in [-0.15, -0.1) is 0 Å². The lowest BCUT2D eigenvalue weighted by Crippen LogP contribution is -2.29. The highest BCUT2D eigenvalue weighted by Gasteiger charge is 2.27. The van der Waals surface area contributed by atoms with Crippen molar-refractivity contribution in [2.45, 2.75) is 13.0 Å². The average Bonchev–Trinajstić information content (AvgIpc) is 2.97. The molecule has 8 heteroatoms. The summed E-state index contributed by atoms with van der Waals surface area (Å²) in [5, 5.41) is 14.3. The van der Waals surface area contributed by atoms with Gasteiger partial charge in [0.1, 0.15) is 5.82 Å². The summed E-state index contributed by atoms with van der Waals surface area (Å²) in [6.07, 6.45) is 1.55. The summed E-state index contributed by atoms with van der Waals surface area (Å²) >= 11 is 0. The maximum absolute atomic E-state index is 12.6. The minimum absolute atomic E-state index is 0.0461. The molecule has 1 aromatic heterocycles. The summed E-state index contributed by atoms with van der Waals surface area (Å²) in [6, 6.07) is 10.6. The van der Waals surface area contributed by atoms with Gasteiger partial charge in [0.15, 0.2) is 0 Å². The predicted molar refractivity (Wildman–Crippen MR) is 98.5 cm³/mol. The fraction of sp³-hybridized carbons (Fsp3) is 0.263. The number of amides is 2. The van der Waals surface area contributed by atoms with E-state index in [9.17, 15) is 14.4 Å². The first-order valence-electron chi connectivity index (χ1n) is 8.61. The van der Waals surface area contributed by atoms with Gasteiger partial charge in [-0.25, -0.2) is 4.98 Å². The molecule has 0 atom stereocenters. The molecule has 27 heavy (non-hydrogen) atoms. The molecule has 0 spiro atoms. The summed E-state index contributed by atoms with van der Waals surface area (Å²) < 4.78 is 0. The summed E-state index contributed by atoms with van der Waals surface area (Å²) in [5.74, 6) is -0.730. The average molecular weight is 368 g/mol. The molecule has 2 heterocycles. The molecule has 2 aromatic rings. The Labute approximate surface area is 156 Å². The molecule has 3 rings (SSSR count). The van der Waals surface area contributed by atoms with E-state index in [1.54, 1.807) is 29.3 Å². The Hall–Kier alpha value is -3.42. The zero-order valence-electron chi connectivity index (χ0n) is 14.6. The Morgan fingerprint density at radius 2 is 2.04 bits per heavy atom. The highest BCUT2D eigenvalue weighted by Crippen LogP contribution is 2.23. The molecular formula is C19H20N4O4. The SMILES string of the molecule is O=C(O)CCNC(=O)c1ccc2c(c1)C(=O)N(CCNc1ccccn1)C2. The number of fused-ring (bicyclic) bond motifs is 1. The van der Waals surface area contributed by atoms with E-state index in [-0.39, 0.29) is 24.8 Å². The van der Waals surface area contributed by atoms with Crippen LogP contribution in [0, 0.1) is 0 Å². The number of rotatable bonds is 8. The van der Waals surface area contributed by atoms with Crippen molar-refractivity contribution in [2.75, 3.05) is 25.0 Å². The van der Waals surface area contributed by atoms with Gasteiger partial charge in [0.05, 0.1) is 6.42 Å². The van der Waals surface area contributed by atoms with Gasteiger partial charge in [-0.3, -0.25) is 14.4 Å². The van der Waals surface area contributed by atoms with Crippen LogP contribution in [0.15, 0.2) is 42.6 Å². The van der Waals surface area contributed by atoms with Crippen LogP contribution in [0.1, 0.15) is 32.7 Å². The number of carboxylic acids is 1. The maximum Gasteiger partial charge on any atom is 0.305 e. The van der Waals surface area contributed by atoms with E-state index in [1.807, 2.05) is 18.2 Å². The van der Waals surface area contributed by atoms with Gasteiger partial charge in [0.25, 0.3) is 11.8 Å². The molecule has 0 bridgehead atoms. The first-order chi connectivity index (χ1) is 13.0. The highest BCUT2D eigenvalue weighted by molar-refractivity contribution is 6.02. The Balaban J connectivity index is 1.57. The van der Waals surface area contributed by atoms with Crippen molar-refractivity contribution in [3.8, 4) is 0 Å². The predicted octanol–water partition coefficient (Wildman–Crippen LogP) is 1.35. The van der Waals surface area contributed by atoms with Crippen molar-refractivity contribution in [1.29, 1.82) is 0 Å². The fourth-order valence-electron chi connectivity index (χ4n) is 2.85. The van der Waals surface area contributed by atoms with Crippen LogP contribution in [0.3, 0.4) is 0 Å². The molecule has 3 N–H and O–H groups in total. The second-order valence-electron chi connectivity index (χ2n) is 6.14. The zero-order chi connectivity index (χ0) is 19.2. The van der Waals surface area contributed by atoms with Crippen LogP contribution in [0.2, 0.25) is 0 Å². The van der Waals surface area contributed by atoms with Crippen LogP contribution in [-0.4, -0.2) is 52.4 Å². The van der Waals surface area contributed by atoms with Gasteiger partial charge in [-0.1, -0.05) is 12.1 Å². The third-order valence-corrected chi connectivity index (χ3v) is 4.23. The molecule has 1 aromatic carbocycles. The molecule has 140 valence electrons. The van der Waals surface area contributed by atoms with E-state index in [2.05, 4.69) is 15.6 Å². The lowest BCUT2D eigenvalue weighted by molar-refractivity contribution is -0.136. The standard InChI is InChI=1S/C19H20N4O4/c24-17(25)6-8-22-18(26)13-4-5-14-12-23(19(27)15(14)11-13)10-9-21-16-3-1-2-7-20-16/h1-5,7,11H,6,8-10,12H2,(H,20,21)(H,22,26)(H,24,25).